The van der Waals surface area contributed by atoms with E-state index in [0.717, 1.165) is 6.42 Å². The normalized spacial score (nSPS) is 48.0. The number of aliphatic hydroxyl groups is 6. The van der Waals surface area contributed by atoms with Gasteiger partial charge in [-0.25, -0.2) is 0 Å². The van der Waals surface area contributed by atoms with E-state index >= 15 is 0 Å². The van der Waals surface area contributed by atoms with Gasteiger partial charge in [-0.1, -0.05) is 6.08 Å². The molecule has 0 spiro atoms. The second kappa shape index (κ2) is 9.88. The molecule has 186 valence electrons. The second-order valence-corrected chi connectivity index (χ2v) is 9.48. The lowest BCUT2D eigenvalue weighted by Gasteiger charge is -2.44. The molecule has 3 aliphatic rings. The van der Waals surface area contributed by atoms with E-state index < -0.39 is 66.5 Å². The highest BCUT2D eigenvalue weighted by Crippen LogP contribution is 2.39. The van der Waals surface area contributed by atoms with E-state index in [9.17, 15) is 30.6 Å². The minimum Gasteiger partial charge on any atom is -0.388 e. The Hall–Kier alpha value is -0.700. The molecule has 11 nitrogen and oxygen atoms in total. The zero-order chi connectivity index (χ0) is 23.8. The summed E-state index contributed by atoms with van der Waals surface area (Å²) in [6, 6.07) is 0. The fraction of sp³-hybridized carbons (Fsp3) is 0.905. The summed E-state index contributed by atoms with van der Waals surface area (Å²) >= 11 is 0. The first-order chi connectivity index (χ1) is 14.9. The van der Waals surface area contributed by atoms with Gasteiger partial charge >= 0.3 is 0 Å². The van der Waals surface area contributed by atoms with E-state index in [2.05, 4.69) is 6.58 Å². The Labute approximate surface area is 187 Å². The van der Waals surface area contributed by atoms with Crippen LogP contribution >= 0.6 is 0 Å². The molecule has 0 radical (unpaired) electrons. The third-order valence-electron chi connectivity index (χ3n) is 6.49. The van der Waals surface area contributed by atoms with Crippen LogP contribution in [0.2, 0.25) is 0 Å². The van der Waals surface area contributed by atoms with Crippen molar-refractivity contribution in [1.29, 1.82) is 0 Å². The first-order valence-corrected chi connectivity index (χ1v) is 10.8. The average molecular weight is 465 g/mol. The van der Waals surface area contributed by atoms with Crippen LogP contribution in [0.5, 0.6) is 0 Å². The Balaban J connectivity index is 1.62. The molecule has 11 heteroatoms. The van der Waals surface area contributed by atoms with E-state index in [1.54, 1.807) is 19.9 Å². The molecule has 11 atom stereocenters. The first-order valence-electron chi connectivity index (χ1n) is 10.8. The fourth-order valence-electron chi connectivity index (χ4n) is 4.14. The molecule has 32 heavy (non-hydrogen) atoms. The lowest BCUT2D eigenvalue weighted by atomic mass is 9.95. The Kier molecular flexibility index (Phi) is 8.00. The molecule has 3 unspecified atom stereocenters. The maximum atomic E-state index is 10.4. The molecule has 0 aliphatic carbocycles. The van der Waals surface area contributed by atoms with E-state index in [-0.39, 0.29) is 19.3 Å². The van der Waals surface area contributed by atoms with Gasteiger partial charge in [0, 0.05) is 0 Å². The van der Waals surface area contributed by atoms with Gasteiger partial charge in [0.05, 0.1) is 30.5 Å². The van der Waals surface area contributed by atoms with Crippen molar-refractivity contribution in [3.05, 3.63) is 12.7 Å². The van der Waals surface area contributed by atoms with E-state index in [1.807, 2.05) is 6.92 Å². The van der Waals surface area contributed by atoms with E-state index in [1.165, 1.54) is 0 Å². The maximum absolute atomic E-state index is 10.4. The molecule has 0 aromatic heterocycles. The highest BCUT2D eigenvalue weighted by molar-refractivity contribution is 5.02. The minimum atomic E-state index is -1.58. The van der Waals surface area contributed by atoms with E-state index in [0.29, 0.717) is 6.42 Å². The Bertz CT molecular complexity index is 645. The molecule has 0 aromatic carbocycles. The lowest BCUT2D eigenvalue weighted by molar-refractivity contribution is -0.343. The van der Waals surface area contributed by atoms with Crippen LogP contribution < -0.4 is 0 Å². The molecule has 0 bridgehead atoms. The van der Waals surface area contributed by atoms with Gasteiger partial charge in [0.15, 0.2) is 12.6 Å². The Morgan fingerprint density at radius 3 is 2.28 bits per heavy atom. The largest absolute Gasteiger partial charge is 0.388 e. The molecule has 3 saturated heterocycles. The standard InChI is InChI=1S/C21H36O11/c1-5-21(4)7-6-12(31-21)20(2,3)32-19-17(27)15(25)14(24)11(30-19)9-29-18-16(26)13(23)10(22)8-28-18/h5,10-19,22-27H,1,6-9H2,2-4H3/t10-,11-,12?,13+,14-,15+,16-,17-,18+,19?,21?/m1/s1. The topological polar surface area (TPSA) is 168 Å². The average Bonchev–Trinajstić information content (AvgIpc) is 3.16. The molecule has 6 N–H and O–H groups in total. The third-order valence-corrected chi connectivity index (χ3v) is 6.49. The molecule has 0 aromatic rings. The molecular weight excluding hydrogens is 428 g/mol. The Morgan fingerprint density at radius 2 is 1.66 bits per heavy atom. The molecular formula is C21H36O11. The van der Waals surface area contributed by atoms with E-state index in [4.69, 9.17) is 23.7 Å². The smallest absolute Gasteiger partial charge is 0.187 e. The number of aliphatic hydroxyl groups excluding tert-OH is 6. The summed E-state index contributed by atoms with van der Waals surface area (Å²) in [5.41, 5.74) is -1.38. The van der Waals surface area contributed by atoms with Gasteiger partial charge in [-0.15, -0.1) is 6.58 Å². The van der Waals surface area contributed by atoms with Crippen LogP contribution in [0.1, 0.15) is 33.6 Å². The van der Waals surface area contributed by atoms with Crippen molar-refractivity contribution >= 4 is 0 Å². The predicted molar refractivity (Wildman–Crippen MR) is 108 cm³/mol. The van der Waals surface area contributed by atoms with Crippen molar-refractivity contribution in [2.24, 2.45) is 0 Å². The number of ether oxygens (including phenoxy) is 5. The van der Waals surface area contributed by atoms with Crippen LogP contribution in [0.25, 0.3) is 0 Å². The minimum absolute atomic E-state index is 0.247. The summed E-state index contributed by atoms with van der Waals surface area (Å²) in [6.45, 7) is 8.70. The van der Waals surface area contributed by atoms with Crippen molar-refractivity contribution < 1.29 is 54.3 Å². The van der Waals surface area contributed by atoms with Gasteiger partial charge in [0.2, 0.25) is 0 Å². The summed E-state index contributed by atoms with van der Waals surface area (Å²) in [4.78, 5) is 0. The third kappa shape index (κ3) is 5.34. The van der Waals surface area contributed by atoms with Crippen molar-refractivity contribution in [1.82, 2.24) is 0 Å². The quantitative estimate of drug-likeness (QED) is 0.234. The van der Waals surface area contributed by atoms with Crippen molar-refractivity contribution in [3.63, 3.8) is 0 Å². The molecule has 3 rings (SSSR count). The Morgan fingerprint density at radius 1 is 1.00 bits per heavy atom. The van der Waals surface area contributed by atoms with Crippen LogP contribution in [0.15, 0.2) is 12.7 Å². The van der Waals surface area contributed by atoms with Crippen molar-refractivity contribution in [3.8, 4) is 0 Å². The molecule has 3 fully saturated rings. The molecule has 0 amide bonds. The predicted octanol–water partition coefficient (Wildman–Crippen LogP) is -1.83. The van der Waals surface area contributed by atoms with Crippen molar-refractivity contribution in [2.75, 3.05) is 13.2 Å². The van der Waals surface area contributed by atoms with Gasteiger partial charge in [-0.05, 0) is 33.6 Å². The van der Waals surface area contributed by atoms with Crippen LogP contribution in [0, 0.1) is 0 Å². The first kappa shape index (κ1) is 25.9. The zero-order valence-corrected chi connectivity index (χ0v) is 18.6. The summed E-state index contributed by atoms with van der Waals surface area (Å²) in [6.07, 6.45) is -9.65. The molecule has 3 aliphatic heterocycles. The second-order valence-electron chi connectivity index (χ2n) is 9.48. The number of hydrogen-bond acceptors (Lipinski definition) is 11. The zero-order valence-electron chi connectivity index (χ0n) is 18.6. The van der Waals surface area contributed by atoms with Crippen LogP contribution in [0.4, 0.5) is 0 Å². The summed E-state index contributed by atoms with van der Waals surface area (Å²) < 4.78 is 28.3. The van der Waals surface area contributed by atoms with Gasteiger partial charge in [0.1, 0.15) is 42.7 Å². The number of hydrogen-bond donors (Lipinski definition) is 6. The summed E-state index contributed by atoms with van der Waals surface area (Å²) in [7, 11) is 0. The SMILES string of the molecule is C=CC1(C)CCC(C(C)(C)OC2O[C@H](CO[C@@H]3OC[C@@H](O)[C@H](O)[C@H]3O)[C@@H](O)[C@H](O)[C@H]2O)O1. The highest BCUT2D eigenvalue weighted by atomic mass is 16.7. The summed E-state index contributed by atoms with van der Waals surface area (Å²) in [5.74, 6) is 0. The monoisotopic (exact) mass is 464 g/mol. The van der Waals surface area contributed by atoms with Gasteiger partial charge in [0.25, 0.3) is 0 Å². The van der Waals surface area contributed by atoms with Crippen molar-refractivity contribution in [2.45, 2.75) is 106 Å². The van der Waals surface area contributed by atoms with Crippen LogP contribution in [-0.2, 0) is 23.7 Å². The van der Waals surface area contributed by atoms with Crippen LogP contribution in [-0.4, -0.2) is 116 Å². The number of rotatable bonds is 7. The highest BCUT2D eigenvalue weighted by Gasteiger charge is 2.50. The maximum Gasteiger partial charge on any atom is 0.187 e. The van der Waals surface area contributed by atoms with Gasteiger partial charge in [-0.3, -0.25) is 0 Å². The molecule has 0 saturated carbocycles. The van der Waals surface area contributed by atoms with Gasteiger partial charge < -0.3 is 54.3 Å². The van der Waals surface area contributed by atoms with Gasteiger partial charge in [-0.2, -0.15) is 0 Å². The van der Waals surface area contributed by atoms with Crippen LogP contribution in [0.3, 0.4) is 0 Å². The fourth-order valence-corrected chi connectivity index (χ4v) is 4.14. The lowest BCUT2D eigenvalue weighted by Crippen LogP contribution is -2.62. The summed E-state index contributed by atoms with van der Waals surface area (Å²) in [5, 5.41) is 60.3. The molecule has 3 heterocycles.